The number of thiazole rings is 1. The highest BCUT2D eigenvalue weighted by atomic mass is 32.2. The van der Waals surface area contributed by atoms with Gasteiger partial charge in [0.05, 0.1) is 28.9 Å². The lowest BCUT2D eigenvalue weighted by atomic mass is 9.98. The number of nitrogens with two attached hydrogens (primary N) is 1. The van der Waals surface area contributed by atoms with Gasteiger partial charge in [-0.3, -0.25) is 14.6 Å². The molecule has 194 valence electrons. The molecule has 10 heteroatoms. The highest BCUT2D eigenvalue weighted by Gasteiger charge is 2.38. The summed E-state index contributed by atoms with van der Waals surface area (Å²) in [5, 5.41) is 5.87. The number of benzene rings is 2. The molecule has 2 heterocycles. The zero-order chi connectivity index (χ0) is 26.5. The van der Waals surface area contributed by atoms with Gasteiger partial charge >= 0.3 is 0 Å². The van der Waals surface area contributed by atoms with Gasteiger partial charge in [0.1, 0.15) is 10.3 Å². The first-order valence-electron chi connectivity index (χ1n) is 12.1. The first-order chi connectivity index (χ1) is 17.8. The van der Waals surface area contributed by atoms with Gasteiger partial charge in [0, 0.05) is 18.5 Å². The van der Waals surface area contributed by atoms with Crippen LogP contribution in [0.5, 0.6) is 0 Å². The molecule has 4 N–H and O–H groups in total. The minimum Gasteiger partial charge on any atom is -0.400 e. The van der Waals surface area contributed by atoms with Crippen LogP contribution in [0.2, 0.25) is 0 Å². The van der Waals surface area contributed by atoms with E-state index in [4.69, 9.17) is 10.5 Å². The van der Waals surface area contributed by atoms with Gasteiger partial charge in [-0.1, -0.05) is 55.1 Å². The van der Waals surface area contributed by atoms with Crippen LogP contribution in [0.25, 0.3) is 10.2 Å². The Bertz CT molecular complexity index is 1360. The van der Waals surface area contributed by atoms with Gasteiger partial charge in [0.2, 0.25) is 5.91 Å². The van der Waals surface area contributed by atoms with Crippen LogP contribution in [0.3, 0.4) is 0 Å². The van der Waals surface area contributed by atoms with Crippen molar-refractivity contribution >= 4 is 61.0 Å². The van der Waals surface area contributed by atoms with E-state index >= 15 is 0 Å². The van der Waals surface area contributed by atoms with E-state index < -0.39 is 11.2 Å². The van der Waals surface area contributed by atoms with Crippen LogP contribution in [-0.4, -0.2) is 47.4 Å². The molecule has 1 aromatic heterocycles. The first kappa shape index (κ1) is 26.8. The van der Waals surface area contributed by atoms with E-state index in [0.29, 0.717) is 34.9 Å². The summed E-state index contributed by atoms with van der Waals surface area (Å²) < 4.78 is 6.08. The molecule has 2 atom stereocenters. The number of aromatic nitrogens is 1. The van der Waals surface area contributed by atoms with Gasteiger partial charge in [0.25, 0.3) is 5.91 Å². The molecule has 0 saturated heterocycles. The second kappa shape index (κ2) is 11.9. The summed E-state index contributed by atoms with van der Waals surface area (Å²) in [6.45, 7) is 7.05. The molecule has 0 aliphatic carbocycles. The lowest BCUT2D eigenvalue weighted by Gasteiger charge is -2.11. The SMILES string of the molecule is CCC(C)c1ccc(NC(=O)C2=C(N)C(C(=O)Nc3nc4ccc(C)cc4s3)SC2=NCCOC)cc1. The molecular formula is C27H31N5O3S2. The molecule has 2 unspecified atom stereocenters. The van der Waals surface area contributed by atoms with E-state index in [1.807, 2.05) is 49.4 Å². The molecule has 1 aliphatic rings. The second-order valence-electron chi connectivity index (χ2n) is 8.87. The molecule has 4 rings (SSSR count). The molecule has 0 bridgehead atoms. The first-order valence-corrected chi connectivity index (χ1v) is 13.8. The van der Waals surface area contributed by atoms with Crippen LogP contribution in [0.15, 0.2) is 58.7 Å². The third-order valence-electron chi connectivity index (χ3n) is 6.15. The summed E-state index contributed by atoms with van der Waals surface area (Å²) >= 11 is 2.56. The molecule has 0 radical (unpaired) electrons. The number of methoxy groups -OCH3 is 1. The summed E-state index contributed by atoms with van der Waals surface area (Å²) in [5.41, 5.74) is 10.6. The van der Waals surface area contributed by atoms with Crippen molar-refractivity contribution in [1.82, 2.24) is 4.98 Å². The Labute approximate surface area is 224 Å². The predicted molar refractivity (Wildman–Crippen MR) is 154 cm³/mol. The Balaban J connectivity index is 1.55. The number of ether oxygens (including phenoxy) is 1. The fourth-order valence-electron chi connectivity index (χ4n) is 3.85. The number of hydrogen-bond acceptors (Lipinski definition) is 8. The fourth-order valence-corrected chi connectivity index (χ4v) is 5.94. The van der Waals surface area contributed by atoms with Crippen molar-refractivity contribution in [3.05, 3.63) is 64.9 Å². The topological polar surface area (TPSA) is 119 Å². The molecular weight excluding hydrogens is 506 g/mol. The standard InChI is InChI=1S/C27H31N5O3S2/c1-5-16(3)17-7-9-18(10-8-17)30-24(33)21-22(28)23(37-26(21)29-12-13-35-4)25(34)32-27-31-19-11-6-15(2)14-20(19)36-27/h6-11,14,16,23H,5,12-13,28H2,1-4H3,(H,30,33)(H,31,32,34). The van der Waals surface area contributed by atoms with Gasteiger partial charge in [-0.15, -0.1) is 0 Å². The Kier molecular flexibility index (Phi) is 8.63. The van der Waals surface area contributed by atoms with Crippen LogP contribution in [-0.2, 0) is 14.3 Å². The van der Waals surface area contributed by atoms with Gasteiger partial charge in [-0.2, -0.15) is 0 Å². The van der Waals surface area contributed by atoms with Gasteiger partial charge < -0.3 is 21.1 Å². The van der Waals surface area contributed by atoms with Crippen molar-refractivity contribution in [1.29, 1.82) is 0 Å². The fraction of sp³-hybridized carbons (Fsp3) is 0.333. The number of anilines is 2. The van der Waals surface area contributed by atoms with Crippen molar-refractivity contribution in [3.63, 3.8) is 0 Å². The smallest absolute Gasteiger partial charge is 0.260 e. The number of aliphatic imine (C=N–C) groups is 1. The van der Waals surface area contributed by atoms with Gasteiger partial charge in [0.15, 0.2) is 5.13 Å². The summed E-state index contributed by atoms with van der Waals surface area (Å²) in [7, 11) is 1.58. The zero-order valence-electron chi connectivity index (χ0n) is 21.3. The highest BCUT2D eigenvalue weighted by molar-refractivity contribution is 8.16. The van der Waals surface area contributed by atoms with Gasteiger partial charge in [-0.05, 0) is 54.7 Å². The van der Waals surface area contributed by atoms with Gasteiger partial charge in [-0.25, -0.2) is 4.98 Å². The molecule has 37 heavy (non-hydrogen) atoms. The van der Waals surface area contributed by atoms with E-state index in [1.54, 1.807) is 7.11 Å². The predicted octanol–water partition coefficient (Wildman–Crippen LogP) is 5.07. The van der Waals surface area contributed by atoms with Crippen molar-refractivity contribution < 1.29 is 14.3 Å². The van der Waals surface area contributed by atoms with Crippen molar-refractivity contribution in [2.75, 3.05) is 30.9 Å². The quantitative estimate of drug-likeness (QED) is 0.328. The van der Waals surface area contributed by atoms with Crippen LogP contribution in [0.1, 0.15) is 37.3 Å². The largest absolute Gasteiger partial charge is 0.400 e. The number of aryl methyl sites for hydroxylation is 1. The van der Waals surface area contributed by atoms with Crippen LogP contribution in [0.4, 0.5) is 10.8 Å². The summed E-state index contributed by atoms with van der Waals surface area (Å²) in [4.78, 5) is 35.5. The molecule has 3 aromatic rings. The lowest BCUT2D eigenvalue weighted by molar-refractivity contribution is -0.115. The number of nitrogens with one attached hydrogen (secondary N) is 2. The maximum absolute atomic E-state index is 13.3. The number of thioether (sulfide) groups is 1. The monoisotopic (exact) mass is 537 g/mol. The average Bonchev–Trinajstić information content (AvgIpc) is 3.43. The zero-order valence-corrected chi connectivity index (χ0v) is 23.0. The minimum absolute atomic E-state index is 0.171. The molecule has 0 fully saturated rings. The second-order valence-corrected chi connectivity index (χ2v) is 11.0. The summed E-state index contributed by atoms with van der Waals surface area (Å²) in [5.74, 6) is -0.311. The number of carbonyl (C=O) groups excluding carboxylic acids is 2. The van der Waals surface area contributed by atoms with Crippen molar-refractivity contribution in [3.8, 4) is 0 Å². The van der Waals surface area contributed by atoms with E-state index in [-0.39, 0.29) is 17.2 Å². The average molecular weight is 538 g/mol. The van der Waals surface area contributed by atoms with Crippen molar-refractivity contribution in [2.24, 2.45) is 10.7 Å². The Morgan fingerprint density at radius 1 is 1.19 bits per heavy atom. The molecule has 0 spiro atoms. The number of rotatable bonds is 9. The van der Waals surface area contributed by atoms with E-state index in [0.717, 1.165) is 34.0 Å². The molecule has 0 saturated carbocycles. The normalized spacial score (nSPS) is 17.4. The van der Waals surface area contributed by atoms with Crippen LogP contribution in [0, 0.1) is 6.92 Å². The Morgan fingerprint density at radius 3 is 2.65 bits per heavy atom. The Hall–Kier alpha value is -3.21. The number of nitrogens with zero attached hydrogens (tertiary/aromatic N) is 2. The van der Waals surface area contributed by atoms with Crippen LogP contribution >= 0.6 is 23.1 Å². The molecule has 8 nitrogen and oxygen atoms in total. The summed E-state index contributed by atoms with van der Waals surface area (Å²) in [6, 6.07) is 13.7. The minimum atomic E-state index is -0.802. The van der Waals surface area contributed by atoms with Crippen LogP contribution < -0.4 is 16.4 Å². The number of amides is 2. The number of hydrogen-bond donors (Lipinski definition) is 3. The molecule has 2 aromatic carbocycles. The number of carbonyl (C=O) groups is 2. The van der Waals surface area contributed by atoms with E-state index in [2.05, 4.69) is 34.5 Å². The third-order valence-corrected chi connectivity index (χ3v) is 8.35. The van der Waals surface area contributed by atoms with E-state index in [1.165, 1.54) is 16.9 Å². The van der Waals surface area contributed by atoms with Crippen molar-refractivity contribution in [2.45, 2.75) is 38.4 Å². The number of fused-ring (bicyclic) bond motifs is 1. The maximum Gasteiger partial charge on any atom is 0.260 e. The maximum atomic E-state index is 13.3. The Morgan fingerprint density at radius 2 is 1.95 bits per heavy atom. The molecule has 2 amide bonds. The highest BCUT2D eigenvalue weighted by Crippen LogP contribution is 2.35. The lowest BCUT2D eigenvalue weighted by Crippen LogP contribution is -2.29. The summed E-state index contributed by atoms with van der Waals surface area (Å²) in [6.07, 6.45) is 1.04. The third kappa shape index (κ3) is 6.20. The molecule has 1 aliphatic heterocycles. The van der Waals surface area contributed by atoms with E-state index in [9.17, 15) is 9.59 Å².